The molecule has 2 nitrogen and oxygen atoms in total. The third-order valence-corrected chi connectivity index (χ3v) is 8.27. The van der Waals surface area contributed by atoms with Crippen LogP contribution in [0.5, 0.6) is 0 Å². The number of anilines is 3. The van der Waals surface area contributed by atoms with E-state index in [1.54, 1.807) is 0 Å². The highest BCUT2D eigenvalue weighted by molar-refractivity contribution is 6.21. The summed E-state index contributed by atoms with van der Waals surface area (Å²) in [7, 11) is 0. The van der Waals surface area contributed by atoms with E-state index in [1.165, 1.54) is 49.8 Å². The van der Waals surface area contributed by atoms with Gasteiger partial charge in [0.15, 0.2) is 0 Å². The van der Waals surface area contributed by atoms with Crippen molar-refractivity contribution in [2.24, 2.45) is 11.8 Å². The van der Waals surface area contributed by atoms with E-state index in [1.807, 2.05) is 12.1 Å². The highest BCUT2D eigenvalue weighted by Gasteiger charge is 2.33. The predicted octanol–water partition coefficient (Wildman–Crippen LogP) is 9.06. The molecule has 7 rings (SSSR count). The summed E-state index contributed by atoms with van der Waals surface area (Å²) in [5, 5.41) is 2.61. The number of hydrogen-bond acceptors (Lipinski definition) is 2. The lowest BCUT2D eigenvalue weighted by Crippen LogP contribution is -2.27. The van der Waals surface area contributed by atoms with Crippen molar-refractivity contribution in [1.29, 1.82) is 0 Å². The molecule has 0 saturated carbocycles. The van der Waals surface area contributed by atoms with Crippen molar-refractivity contribution >= 4 is 33.9 Å². The van der Waals surface area contributed by atoms with Crippen molar-refractivity contribution < 1.29 is 0 Å². The molecule has 2 heteroatoms. The number of nitrogens with zero attached hydrogens (tertiary/aromatic N) is 1. The molecule has 0 radical (unpaired) electrons. The number of nitrogen functional groups attached to an aromatic ring is 1. The van der Waals surface area contributed by atoms with E-state index >= 15 is 0 Å². The van der Waals surface area contributed by atoms with E-state index < -0.39 is 0 Å². The first-order valence-corrected chi connectivity index (χ1v) is 13.2. The van der Waals surface area contributed by atoms with Gasteiger partial charge in [-0.15, -0.1) is 0 Å². The topological polar surface area (TPSA) is 29.3 Å². The Morgan fingerprint density at radius 3 is 2.49 bits per heavy atom. The van der Waals surface area contributed by atoms with Crippen molar-refractivity contribution in [1.82, 2.24) is 0 Å². The van der Waals surface area contributed by atoms with Crippen LogP contribution in [-0.2, 0) is 6.42 Å². The van der Waals surface area contributed by atoms with Gasteiger partial charge in [-0.25, -0.2) is 0 Å². The van der Waals surface area contributed by atoms with Gasteiger partial charge in [0.2, 0.25) is 0 Å². The Hall–Kier alpha value is -4.30. The molecule has 0 amide bonds. The van der Waals surface area contributed by atoms with Crippen LogP contribution in [0, 0.1) is 11.8 Å². The summed E-state index contributed by atoms with van der Waals surface area (Å²) < 4.78 is 0. The first-order chi connectivity index (χ1) is 18.1. The average Bonchev–Trinajstić information content (AvgIpc) is 3.27. The minimum atomic E-state index is 0.174. The van der Waals surface area contributed by atoms with Crippen LogP contribution in [0.15, 0.2) is 109 Å². The molecular formula is C35H30N2. The summed E-state index contributed by atoms with van der Waals surface area (Å²) in [4.78, 5) is 2.36. The summed E-state index contributed by atoms with van der Waals surface area (Å²) in [5.74, 6) is 0.519. The number of allylic oxidation sites excluding steroid dienone is 5. The van der Waals surface area contributed by atoms with Gasteiger partial charge in [0.05, 0.1) is 17.1 Å². The summed E-state index contributed by atoms with van der Waals surface area (Å²) >= 11 is 0. The molecule has 2 unspecified atom stereocenters. The second kappa shape index (κ2) is 8.38. The fraction of sp³-hybridized carbons (Fsp3) is 0.143. The molecule has 0 bridgehead atoms. The summed E-state index contributed by atoms with van der Waals surface area (Å²) in [6.45, 7) is 7.01. The molecule has 2 N–H and O–H groups in total. The quantitative estimate of drug-likeness (QED) is 0.261. The maximum absolute atomic E-state index is 6.69. The van der Waals surface area contributed by atoms with Gasteiger partial charge in [0.25, 0.3) is 0 Å². The normalized spacial score (nSPS) is 18.6. The monoisotopic (exact) mass is 478 g/mol. The largest absolute Gasteiger partial charge is 0.397 e. The van der Waals surface area contributed by atoms with Gasteiger partial charge in [-0.2, -0.15) is 0 Å². The molecule has 3 aliphatic carbocycles. The van der Waals surface area contributed by atoms with E-state index in [4.69, 9.17) is 12.3 Å². The smallest absolute Gasteiger partial charge is 0.0688 e. The molecule has 0 heterocycles. The molecule has 4 aromatic carbocycles. The van der Waals surface area contributed by atoms with Crippen molar-refractivity contribution in [2.75, 3.05) is 10.6 Å². The Morgan fingerprint density at radius 2 is 1.65 bits per heavy atom. The highest BCUT2D eigenvalue weighted by atomic mass is 15.2. The lowest BCUT2D eigenvalue weighted by molar-refractivity contribution is 0.570. The second-order valence-corrected chi connectivity index (χ2v) is 10.4. The predicted molar refractivity (Wildman–Crippen MR) is 159 cm³/mol. The van der Waals surface area contributed by atoms with Gasteiger partial charge in [-0.05, 0) is 64.1 Å². The number of benzene rings is 4. The lowest BCUT2D eigenvalue weighted by Gasteiger charge is -2.37. The minimum Gasteiger partial charge on any atom is -0.397 e. The molecule has 3 aliphatic rings. The lowest BCUT2D eigenvalue weighted by atomic mass is 9.83. The standard InChI is InChI=1S/C35H30N2/c1-22-12-3-4-13-24(22)23(2)37(32-21-10-9-20-31(32)36)35-29-17-8-7-16-28(29)33-26-15-6-5-14-25(26)27-18-11-19-30(35)34(27)33/h3-6,8-15,17-22,24H,2,7,16,36H2,1H3. The summed E-state index contributed by atoms with van der Waals surface area (Å²) in [6, 6.07) is 23.8. The number of nitrogens with two attached hydrogens (primary N) is 1. The molecule has 0 fully saturated rings. The van der Waals surface area contributed by atoms with Crippen LogP contribution in [0.1, 0.15) is 24.5 Å². The zero-order chi connectivity index (χ0) is 25.1. The molecular weight excluding hydrogens is 448 g/mol. The van der Waals surface area contributed by atoms with Gasteiger partial charge in [-0.1, -0.05) is 105 Å². The van der Waals surface area contributed by atoms with E-state index in [2.05, 4.69) is 103 Å². The molecule has 2 atom stereocenters. The van der Waals surface area contributed by atoms with E-state index in [0.29, 0.717) is 5.92 Å². The third kappa shape index (κ3) is 3.18. The summed E-state index contributed by atoms with van der Waals surface area (Å²) in [6.07, 6.45) is 15.5. The van der Waals surface area contributed by atoms with Gasteiger partial charge in [-0.3, -0.25) is 0 Å². The van der Waals surface area contributed by atoms with Crippen LogP contribution in [0.2, 0.25) is 0 Å². The Kier molecular flexibility index (Phi) is 4.97. The zero-order valence-electron chi connectivity index (χ0n) is 21.1. The number of hydrogen-bond donors (Lipinski definition) is 1. The summed E-state index contributed by atoms with van der Waals surface area (Å²) in [5.41, 5.74) is 18.8. The Labute approximate surface area is 218 Å². The van der Waals surface area contributed by atoms with Crippen molar-refractivity contribution in [3.8, 4) is 22.3 Å². The molecule has 0 spiro atoms. The number of fused-ring (bicyclic) bond motifs is 5. The van der Waals surface area contributed by atoms with Crippen LogP contribution >= 0.6 is 0 Å². The van der Waals surface area contributed by atoms with Gasteiger partial charge >= 0.3 is 0 Å². The highest BCUT2D eigenvalue weighted by Crippen LogP contribution is 2.55. The zero-order valence-corrected chi connectivity index (χ0v) is 21.1. The van der Waals surface area contributed by atoms with Gasteiger partial charge in [0, 0.05) is 22.6 Å². The van der Waals surface area contributed by atoms with Crippen molar-refractivity contribution in [3.63, 3.8) is 0 Å². The van der Waals surface area contributed by atoms with E-state index in [-0.39, 0.29) is 5.92 Å². The Morgan fingerprint density at radius 1 is 0.892 bits per heavy atom. The van der Waals surface area contributed by atoms with E-state index in [0.717, 1.165) is 29.9 Å². The van der Waals surface area contributed by atoms with Crippen LogP contribution in [-0.4, -0.2) is 0 Å². The SMILES string of the molecule is C=C(C1C=CC=CC1C)N(c1ccccc1N)c1c2c(c3c4c(cccc14)-c1ccccc1-3)CCC=C2. The van der Waals surface area contributed by atoms with Crippen LogP contribution in [0.4, 0.5) is 17.1 Å². The molecule has 180 valence electrons. The van der Waals surface area contributed by atoms with Crippen LogP contribution < -0.4 is 10.6 Å². The van der Waals surface area contributed by atoms with E-state index in [9.17, 15) is 0 Å². The average molecular weight is 479 g/mol. The molecule has 0 aliphatic heterocycles. The maximum atomic E-state index is 6.69. The first kappa shape index (κ1) is 21.9. The van der Waals surface area contributed by atoms with Gasteiger partial charge in [0.1, 0.15) is 0 Å². The molecule has 4 aromatic rings. The molecule has 0 aromatic heterocycles. The maximum Gasteiger partial charge on any atom is 0.0688 e. The van der Waals surface area contributed by atoms with Crippen molar-refractivity contribution in [2.45, 2.75) is 19.8 Å². The fourth-order valence-corrected chi connectivity index (χ4v) is 6.55. The molecule has 0 saturated heterocycles. The van der Waals surface area contributed by atoms with Crippen LogP contribution in [0.3, 0.4) is 0 Å². The minimum absolute atomic E-state index is 0.174. The Bertz CT molecular complexity index is 1680. The first-order valence-electron chi connectivity index (χ1n) is 13.2. The number of para-hydroxylation sites is 2. The van der Waals surface area contributed by atoms with Crippen LogP contribution in [0.25, 0.3) is 39.1 Å². The van der Waals surface area contributed by atoms with Crippen molar-refractivity contribution in [3.05, 3.63) is 121 Å². The molecule has 37 heavy (non-hydrogen) atoms. The third-order valence-electron chi connectivity index (χ3n) is 8.27. The van der Waals surface area contributed by atoms with Gasteiger partial charge < -0.3 is 10.6 Å². The Balaban J connectivity index is 1.59. The number of rotatable bonds is 4. The second-order valence-electron chi connectivity index (χ2n) is 10.4. The fourth-order valence-electron chi connectivity index (χ4n) is 6.55.